The van der Waals surface area contributed by atoms with Crippen LogP contribution in [0.25, 0.3) is 16.7 Å². The fourth-order valence-corrected chi connectivity index (χ4v) is 4.21. The van der Waals surface area contributed by atoms with Crippen molar-refractivity contribution < 1.29 is 0 Å². The van der Waals surface area contributed by atoms with Crippen molar-refractivity contribution in [3.05, 3.63) is 127 Å². The molecule has 0 saturated heterocycles. The zero-order valence-electron chi connectivity index (χ0n) is 18.8. The van der Waals surface area contributed by atoms with E-state index in [9.17, 15) is 0 Å². The first-order valence-electron chi connectivity index (χ1n) is 11.5. The number of benzene rings is 4. The summed E-state index contributed by atoms with van der Waals surface area (Å²) in [4.78, 5) is 0. The largest absolute Gasteiger partial charge is 0.354 e. The van der Waals surface area contributed by atoms with Gasteiger partial charge in [-0.15, -0.1) is 0 Å². The summed E-state index contributed by atoms with van der Waals surface area (Å²) in [6.45, 7) is 2.26. The van der Waals surface area contributed by atoms with E-state index in [0.29, 0.717) is 5.92 Å². The number of nitrogens with one attached hydrogen (secondary N) is 2. The van der Waals surface area contributed by atoms with E-state index in [1.807, 2.05) is 6.07 Å². The van der Waals surface area contributed by atoms with Crippen LogP contribution < -0.4 is 10.6 Å². The summed E-state index contributed by atoms with van der Waals surface area (Å²) in [6, 6.07) is 36.1. The molecule has 1 atom stereocenters. The molecule has 0 aromatic heterocycles. The fourth-order valence-electron chi connectivity index (χ4n) is 4.21. The Morgan fingerprint density at radius 2 is 1.09 bits per heavy atom. The number of hydrogen-bond acceptors (Lipinski definition) is 2. The Labute approximate surface area is 196 Å². The third-order valence-electron chi connectivity index (χ3n) is 6.01. The second-order valence-electron chi connectivity index (χ2n) is 8.57. The quantitative estimate of drug-likeness (QED) is 0.320. The van der Waals surface area contributed by atoms with Gasteiger partial charge in [-0.05, 0) is 71.0 Å². The minimum atomic E-state index is 0.600. The molecule has 0 spiro atoms. The minimum Gasteiger partial charge on any atom is -0.354 e. The maximum atomic E-state index is 3.57. The second kappa shape index (κ2) is 9.62. The van der Waals surface area contributed by atoms with Gasteiger partial charge in [0.25, 0.3) is 0 Å². The van der Waals surface area contributed by atoms with E-state index in [1.165, 1.54) is 22.3 Å². The van der Waals surface area contributed by atoms with Crippen molar-refractivity contribution in [2.75, 3.05) is 10.6 Å². The first-order valence-corrected chi connectivity index (χ1v) is 11.5. The zero-order chi connectivity index (χ0) is 22.5. The summed E-state index contributed by atoms with van der Waals surface area (Å²) in [7, 11) is 0. The van der Waals surface area contributed by atoms with Crippen molar-refractivity contribution in [3.8, 4) is 11.1 Å². The standard InChI is InChI=1S/C31H28N2/c1-23-8-7-11-27(22-23)26-16-20-29(21-17-26)33-31-13-6-5-12-30(31)32-28-18-14-25(15-19-28)24-9-3-2-4-10-24/h2-21,23,32-33H,22H2,1H3. The van der Waals surface area contributed by atoms with Gasteiger partial charge in [0.05, 0.1) is 11.4 Å². The Balaban J connectivity index is 1.30. The van der Waals surface area contributed by atoms with Gasteiger partial charge in [-0.2, -0.15) is 0 Å². The predicted molar refractivity (Wildman–Crippen MR) is 142 cm³/mol. The van der Waals surface area contributed by atoms with Crippen LogP contribution in [0, 0.1) is 5.92 Å². The summed E-state index contributed by atoms with van der Waals surface area (Å²) in [5.41, 5.74) is 9.36. The summed E-state index contributed by atoms with van der Waals surface area (Å²) in [5, 5.41) is 7.13. The highest BCUT2D eigenvalue weighted by Gasteiger charge is 2.09. The van der Waals surface area contributed by atoms with Gasteiger partial charge in [0, 0.05) is 11.4 Å². The van der Waals surface area contributed by atoms with Crippen LogP contribution in [0.1, 0.15) is 18.9 Å². The van der Waals surface area contributed by atoms with Crippen LogP contribution in [0.5, 0.6) is 0 Å². The molecule has 0 bridgehead atoms. The first kappa shape index (κ1) is 20.8. The lowest BCUT2D eigenvalue weighted by Gasteiger charge is -2.16. The molecule has 1 aliphatic rings. The monoisotopic (exact) mass is 428 g/mol. The van der Waals surface area contributed by atoms with Gasteiger partial charge < -0.3 is 10.6 Å². The van der Waals surface area contributed by atoms with Crippen LogP contribution in [0.15, 0.2) is 121 Å². The molecule has 5 rings (SSSR count). The van der Waals surface area contributed by atoms with Gasteiger partial charge in [0.15, 0.2) is 0 Å². The highest BCUT2D eigenvalue weighted by Crippen LogP contribution is 2.31. The Bertz CT molecular complexity index is 1270. The normalized spacial score (nSPS) is 15.1. The highest BCUT2D eigenvalue weighted by atomic mass is 15.0. The molecule has 2 N–H and O–H groups in total. The zero-order valence-corrected chi connectivity index (χ0v) is 18.8. The first-order chi connectivity index (χ1) is 16.2. The maximum absolute atomic E-state index is 3.57. The Kier molecular flexibility index (Phi) is 6.08. The number of anilines is 4. The van der Waals surface area contributed by atoms with Crippen molar-refractivity contribution >= 4 is 28.3 Å². The number of hydrogen-bond donors (Lipinski definition) is 2. The predicted octanol–water partition coefficient (Wildman–Crippen LogP) is 8.82. The maximum Gasteiger partial charge on any atom is 0.0623 e. The second-order valence-corrected chi connectivity index (χ2v) is 8.57. The van der Waals surface area contributed by atoms with Crippen LogP contribution in [-0.2, 0) is 0 Å². The summed E-state index contributed by atoms with van der Waals surface area (Å²) in [6.07, 6.45) is 7.76. The molecule has 162 valence electrons. The molecular weight excluding hydrogens is 400 g/mol. The van der Waals surface area contributed by atoms with Crippen molar-refractivity contribution in [2.24, 2.45) is 5.92 Å². The van der Waals surface area contributed by atoms with E-state index in [-0.39, 0.29) is 0 Å². The van der Waals surface area contributed by atoms with Crippen molar-refractivity contribution in [2.45, 2.75) is 13.3 Å². The Morgan fingerprint density at radius 1 is 0.576 bits per heavy atom. The van der Waals surface area contributed by atoms with Crippen LogP contribution >= 0.6 is 0 Å². The van der Waals surface area contributed by atoms with E-state index in [0.717, 1.165) is 29.2 Å². The molecule has 1 aliphatic carbocycles. The van der Waals surface area contributed by atoms with Crippen LogP contribution in [0.3, 0.4) is 0 Å². The number of rotatable bonds is 6. The number of para-hydroxylation sites is 2. The highest BCUT2D eigenvalue weighted by molar-refractivity contribution is 5.79. The summed E-state index contributed by atoms with van der Waals surface area (Å²) >= 11 is 0. The third-order valence-corrected chi connectivity index (χ3v) is 6.01. The molecule has 0 amide bonds. The van der Waals surface area contributed by atoms with Crippen molar-refractivity contribution in [1.82, 2.24) is 0 Å². The average Bonchev–Trinajstić information content (AvgIpc) is 2.87. The molecule has 4 aromatic rings. The molecule has 0 aliphatic heterocycles. The summed E-state index contributed by atoms with van der Waals surface area (Å²) < 4.78 is 0. The molecule has 33 heavy (non-hydrogen) atoms. The lowest BCUT2D eigenvalue weighted by molar-refractivity contribution is 0.749. The molecule has 0 saturated carbocycles. The van der Waals surface area contributed by atoms with Crippen LogP contribution in [-0.4, -0.2) is 0 Å². The molecule has 0 heterocycles. The molecule has 1 unspecified atom stereocenters. The Morgan fingerprint density at radius 3 is 1.67 bits per heavy atom. The topological polar surface area (TPSA) is 24.1 Å². The lowest BCUT2D eigenvalue weighted by atomic mass is 9.91. The van der Waals surface area contributed by atoms with E-state index >= 15 is 0 Å². The van der Waals surface area contributed by atoms with Gasteiger partial charge in [-0.1, -0.05) is 91.9 Å². The van der Waals surface area contributed by atoms with Crippen LogP contribution in [0.4, 0.5) is 22.7 Å². The van der Waals surface area contributed by atoms with Crippen LogP contribution in [0.2, 0.25) is 0 Å². The van der Waals surface area contributed by atoms with Gasteiger partial charge in [0.2, 0.25) is 0 Å². The SMILES string of the molecule is CC1C=CC=C(c2ccc(Nc3ccccc3Nc3ccc(-c4ccccc4)cc3)cc2)C1. The minimum absolute atomic E-state index is 0.600. The molecule has 2 heteroatoms. The van der Waals surface area contributed by atoms with Gasteiger partial charge in [-0.25, -0.2) is 0 Å². The molecule has 0 radical (unpaired) electrons. The lowest BCUT2D eigenvalue weighted by Crippen LogP contribution is -1.99. The molecular formula is C31H28N2. The number of allylic oxidation sites excluding steroid dienone is 4. The third kappa shape index (κ3) is 5.07. The Hall–Kier alpha value is -4.04. The van der Waals surface area contributed by atoms with E-state index in [2.05, 4.69) is 133 Å². The fraction of sp³-hybridized carbons (Fsp3) is 0.0968. The average molecular weight is 429 g/mol. The molecule has 0 fully saturated rings. The van der Waals surface area contributed by atoms with E-state index in [4.69, 9.17) is 0 Å². The molecule has 2 nitrogen and oxygen atoms in total. The van der Waals surface area contributed by atoms with E-state index < -0.39 is 0 Å². The van der Waals surface area contributed by atoms with Crippen molar-refractivity contribution in [3.63, 3.8) is 0 Å². The van der Waals surface area contributed by atoms with Gasteiger partial charge >= 0.3 is 0 Å². The smallest absolute Gasteiger partial charge is 0.0623 e. The van der Waals surface area contributed by atoms with E-state index in [1.54, 1.807) is 0 Å². The van der Waals surface area contributed by atoms with Gasteiger partial charge in [0.1, 0.15) is 0 Å². The van der Waals surface area contributed by atoms with Gasteiger partial charge in [-0.3, -0.25) is 0 Å². The summed E-state index contributed by atoms with van der Waals surface area (Å²) in [5.74, 6) is 0.600. The molecule has 4 aromatic carbocycles. The van der Waals surface area contributed by atoms with Crippen molar-refractivity contribution in [1.29, 1.82) is 0 Å².